The first-order valence-electron chi connectivity index (χ1n) is 11.9. The molecule has 0 aliphatic heterocycles. The van der Waals surface area contributed by atoms with Crippen molar-refractivity contribution in [2.45, 2.75) is 11.8 Å². The molecule has 0 saturated heterocycles. The van der Waals surface area contributed by atoms with Gasteiger partial charge in [0, 0.05) is 16.3 Å². The zero-order valence-electron chi connectivity index (χ0n) is 20.6. The van der Waals surface area contributed by atoms with E-state index >= 15 is 0 Å². The van der Waals surface area contributed by atoms with Crippen LogP contribution in [0.1, 0.15) is 16.2 Å². The van der Waals surface area contributed by atoms with E-state index in [9.17, 15) is 4.79 Å². The van der Waals surface area contributed by atoms with Gasteiger partial charge < -0.3 is 9.47 Å². The summed E-state index contributed by atoms with van der Waals surface area (Å²) in [6.07, 6.45) is 0. The van der Waals surface area contributed by atoms with Gasteiger partial charge in [-0.1, -0.05) is 65.8 Å². The summed E-state index contributed by atoms with van der Waals surface area (Å²) in [7, 11) is 1.62. The Morgan fingerprint density at radius 2 is 1.47 bits per heavy atom. The quantitative estimate of drug-likeness (QED) is 0.138. The fourth-order valence-electron chi connectivity index (χ4n) is 3.85. The number of hydrogen-bond acceptors (Lipinski definition) is 6. The van der Waals surface area contributed by atoms with Crippen molar-refractivity contribution in [1.29, 1.82) is 0 Å². The maximum absolute atomic E-state index is 12.7. The molecule has 5 aromatic rings. The van der Waals surface area contributed by atoms with Crippen molar-refractivity contribution >= 4 is 29.1 Å². The predicted octanol–water partition coefficient (Wildman–Crippen LogP) is 7.15. The first-order chi connectivity index (χ1) is 18.6. The van der Waals surface area contributed by atoms with Crippen molar-refractivity contribution in [2.24, 2.45) is 0 Å². The van der Waals surface area contributed by atoms with Crippen molar-refractivity contribution in [3.63, 3.8) is 0 Å². The Morgan fingerprint density at radius 1 is 0.816 bits per heavy atom. The van der Waals surface area contributed by atoms with Gasteiger partial charge in [0.2, 0.25) is 0 Å². The highest BCUT2D eigenvalue weighted by Crippen LogP contribution is 2.27. The molecule has 0 amide bonds. The third-order valence-corrected chi connectivity index (χ3v) is 7.04. The van der Waals surface area contributed by atoms with Gasteiger partial charge in [0.05, 0.1) is 12.9 Å². The number of carbonyl (C=O) groups excluding carboxylic acids is 1. The maximum Gasteiger partial charge on any atom is 0.196 e. The van der Waals surface area contributed by atoms with Crippen LogP contribution in [-0.2, 0) is 6.61 Å². The summed E-state index contributed by atoms with van der Waals surface area (Å²) < 4.78 is 13.3. The van der Waals surface area contributed by atoms with Crippen molar-refractivity contribution in [3.05, 3.63) is 120 Å². The van der Waals surface area contributed by atoms with E-state index in [-0.39, 0.29) is 18.1 Å². The molecule has 0 radical (unpaired) electrons. The molecule has 5 rings (SSSR count). The summed E-state index contributed by atoms with van der Waals surface area (Å²) in [5, 5.41) is 9.94. The first-order valence-corrected chi connectivity index (χ1v) is 13.3. The van der Waals surface area contributed by atoms with Crippen molar-refractivity contribution in [1.82, 2.24) is 14.8 Å². The molecule has 0 aliphatic rings. The molecule has 0 bridgehead atoms. The highest BCUT2D eigenvalue weighted by Gasteiger charge is 2.17. The molecule has 0 aliphatic carbocycles. The molecule has 4 aromatic carbocycles. The summed E-state index contributed by atoms with van der Waals surface area (Å²) in [6.45, 7) is 0.204. The Kier molecular flexibility index (Phi) is 8.06. The lowest BCUT2D eigenvalue weighted by molar-refractivity contribution is 0.102. The number of carbonyl (C=O) groups is 1. The van der Waals surface area contributed by atoms with E-state index < -0.39 is 0 Å². The molecule has 8 heteroatoms. The fraction of sp³-hybridized carbons (Fsp3) is 0.100. The smallest absolute Gasteiger partial charge is 0.196 e. The van der Waals surface area contributed by atoms with Crippen molar-refractivity contribution < 1.29 is 14.3 Å². The van der Waals surface area contributed by atoms with E-state index in [0.717, 1.165) is 28.3 Å². The highest BCUT2D eigenvalue weighted by atomic mass is 35.5. The van der Waals surface area contributed by atoms with Gasteiger partial charge in [-0.05, 0) is 71.8 Å². The number of nitrogens with zero attached hydrogens (tertiary/aromatic N) is 3. The van der Waals surface area contributed by atoms with Gasteiger partial charge in [-0.2, -0.15) is 0 Å². The van der Waals surface area contributed by atoms with Crippen LogP contribution in [0.15, 0.2) is 108 Å². The monoisotopic (exact) mass is 541 g/mol. The van der Waals surface area contributed by atoms with E-state index in [1.54, 1.807) is 31.4 Å². The second-order valence-corrected chi connectivity index (χ2v) is 9.71. The average Bonchev–Trinajstić information content (AvgIpc) is 3.38. The number of ether oxygens (including phenoxy) is 2. The molecule has 0 unspecified atom stereocenters. The van der Waals surface area contributed by atoms with Gasteiger partial charge >= 0.3 is 0 Å². The van der Waals surface area contributed by atoms with E-state index in [0.29, 0.717) is 21.6 Å². The van der Waals surface area contributed by atoms with Gasteiger partial charge in [0.15, 0.2) is 16.8 Å². The van der Waals surface area contributed by atoms with Crippen LogP contribution in [0.3, 0.4) is 0 Å². The minimum atomic E-state index is -0.0211. The number of ketones is 1. The molecule has 6 nitrogen and oxygen atoms in total. The summed E-state index contributed by atoms with van der Waals surface area (Å²) >= 11 is 7.27. The normalized spacial score (nSPS) is 10.8. The molecule has 0 atom stereocenters. The minimum Gasteiger partial charge on any atom is -0.497 e. The number of thioether (sulfide) groups is 1. The molecule has 0 N–H and O–H groups in total. The second-order valence-electron chi connectivity index (χ2n) is 8.33. The highest BCUT2D eigenvalue weighted by molar-refractivity contribution is 7.99. The Morgan fingerprint density at radius 3 is 2.16 bits per heavy atom. The van der Waals surface area contributed by atoms with Crippen LogP contribution in [0, 0.1) is 0 Å². The van der Waals surface area contributed by atoms with E-state index in [2.05, 4.69) is 22.3 Å². The van der Waals surface area contributed by atoms with Crippen LogP contribution < -0.4 is 9.47 Å². The van der Waals surface area contributed by atoms with Gasteiger partial charge in [0.25, 0.3) is 0 Å². The lowest BCUT2D eigenvalue weighted by Crippen LogP contribution is -2.08. The Labute approximate surface area is 230 Å². The number of hydrogen-bond donors (Lipinski definition) is 0. The largest absolute Gasteiger partial charge is 0.497 e. The van der Waals surface area contributed by atoms with Crippen LogP contribution in [0.2, 0.25) is 5.02 Å². The third-order valence-electron chi connectivity index (χ3n) is 5.86. The van der Waals surface area contributed by atoms with Gasteiger partial charge in [-0.25, -0.2) is 0 Å². The molecule has 0 spiro atoms. The number of methoxy groups -OCH3 is 1. The predicted molar refractivity (Wildman–Crippen MR) is 151 cm³/mol. The average molecular weight is 542 g/mol. The second kappa shape index (κ2) is 12.0. The Hall–Kier alpha value is -4.07. The Bertz CT molecular complexity index is 1500. The van der Waals surface area contributed by atoms with Crippen molar-refractivity contribution in [2.75, 3.05) is 12.9 Å². The Balaban J connectivity index is 1.34. The van der Waals surface area contributed by atoms with Crippen LogP contribution in [-0.4, -0.2) is 33.4 Å². The fourth-order valence-corrected chi connectivity index (χ4v) is 4.84. The van der Waals surface area contributed by atoms with E-state index in [1.807, 2.05) is 71.3 Å². The number of benzene rings is 4. The number of rotatable bonds is 10. The summed E-state index contributed by atoms with van der Waals surface area (Å²) in [4.78, 5) is 12.7. The zero-order valence-corrected chi connectivity index (χ0v) is 22.2. The van der Waals surface area contributed by atoms with Gasteiger partial charge in [-0.3, -0.25) is 9.36 Å². The van der Waals surface area contributed by atoms with E-state index in [4.69, 9.17) is 21.1 Å². The van der Waals surface area contributed by atoms with E-state index in [1.165, 1.54) is 11.8 Å². The molecule has 1 heterocycles. The SMILES string of the molecule is COc1ccc(-n2c(COc3ccc(-c4ccccc4)cc3)nnc2SCC(=O)c2ccc(Cl)cc2)cc1. The molecular formula is C30H24ClN3O3S. The van der Waals surface area contributed by atoms with Crippen LogP contribution in [0.5, 0.6) is 11.5 Å². The number of aromatic nitrogens is 3. The lowest BCUT2D eigenvalue weighted by atomic mass is 10.1. The topological polar surface area (TPSA) is 66.2 Å². The zero-order chi connectivity index (χ0) is 26.3. The molecular weight excluding hydrogens is 518 g/mol. The third kappa shape index (κ3) is 6.07. The molecule has 38 heavy (non-hydrogen) atoms. The van der Waals surface area contributed by atoms with Crippen LogP contribution in [0.25, 0.3) is 16.8 Å². The van der Waals surface area contributed by atoms with Gasteiger partial charge in [0.1, 0.15) is 18.1 Å². The molecule has 0 saturated carbocycles. The summed E-state index contributed by atoms with van der Waals surface area (Å²) in [5.41, 5.74) is 3.70. The van der Waals surface area contributed by atoms with Crippen molar-refractivity contribution in [3.8, 4) is 28.3 Å². The summed E-state index contributed by atoms with van der Waals surface area (Å²) in [6, 6.07) is 32.6. The molecule has 190 valence electrons. The van der Waals surface area contributed by atoms with Crippen LogP contribution >= 0.6 is 23.4 Å². The summed E-state index contributed by atoms with van der Waals surface area (Å²) in [5.74, 6) is 2.26. The van der Waals surface area contributed by atoms with Gasteiger partial charge in [-0.15, -0.1) is 10.2 Å². The standard InChI is InChI=1S/C30H24ClN3O3S/c1-36-26-17-13-25(14-18-26)34-29(19-37-27-15-9-22(10-16-27)21-5-3-2-4-6-21)32-33-30(34)38-20-28(35)23-7-11-24(31)12-8-23/h2-18H,19-20H2,1H3. The minimum absolute atomic E-state index is 0.0211. The lowest BCUT2D eigenvalue weighted by Gasteiger charge is -2.12. The first kappa shape index (κ1) is 25.6. The number of halogens is 1. The molecule has 1 aromatic heterocycles. The number of Topliss-reactive ketones (excluding diaryl/α,β-unsaturated/α-hetero) is 1. The molecule has 0 fully saturated rings. The maximum atomic E-state index is 12.7. The van der Waals surface area contributed by atoms with Crippen LogP contribution in [0.4, 0.5) is 0 Å².